The van der Waals surface area contributed by atoms with Crippen molar-refractivity contribution in [3.8, 4) is 0 Å². The molecule has 2 N–H and O–H groups in total. The van der Waals surface area contributed by atoms with Gasteiger partial charge in [0, 0.05) is 12.6 Å². The summed E-state index contributed by atoms with van der Waals surface area (Å²) in [5, 5.41) is 5.83. The molecule has 100 valence electrons. The number of halogens is 3. The van der Waals surface area contributed by atoms with E-state index in [4.69, 9.17) is 0 Å². The summed E-state index contributed by atoms with van der Waals surface area (Å²) in [5.41, 5.74) is -0.240. The third-order valence-corrected chi connectivity index (χ3v) is 2.83. The van der Waals surface area contributed by atoms with E-state index in [9.17, 15) is 13.6 Å². The number of rotatable bonds is 2. The maximum atomic E-state index is 13.4. The minimum Gasteiger partial charge on any atom is -0.348 e. The maximum absolute atomic E-state index is 13.4. The van der Waals surface area contributed by atoms with Crippen molar-refractivity contribution < 1.29 is 13.6 Å². The molecule has 1 aromatic carbocycles. The Morgan fingerprint density at radius 2 is 2.17 bits per heavy atom. The van der Waals surface area contributed by atoms with Crippen LogP contribution in [0.5, 0.6) is 0 Å². The second-order valence-corrected chi connectivity index (χ2v) is 4.12. The molecule has 1 aliphatic rings. The molecule has 1 saturated heterocycles. The predicted molar refractivity (Wildman–Crippen MR) is 67.0 cm³/mol. The number of nitrogens with one attached hydrogen (secondary N) is 2. The molecule has 1 aromatic rings. The fraction of sp³-hybridized carbons (Fsp3) is 0.417. The van der Waals surface area contributed by atoms with E-state index in [-0.39, 0.29) is 24.0 Å². The number of hydrogen-bond donors (Lipinski definition) is 2. The van der Waals surface area contributed by atoms with Gasteiger partial charge >= 0.3 is 0 Å². The molecular formula is C12H15ClF2N2O. The van der Waals surface area contributed by atoms with Crippen LogP contribution in [0.2, 0.25) is 0 Å². The van der Waals surface area contributed by atoms with Crippen LogP contribution in [0.3, 0.4) is 0 Å². The average molecular weight is 277 g/mol. The number of carbonyl (C=O) groups is 1. The molecule has 1 aliphatic heterocycles. The molecule has 0 saturated carbocycles. The third kappa shape index (κ3) is 3.40. The number of carbonyl (C=O) groups excluding carboxylic acids is 1. The average Bonchev–Trinajstić information content (AvgIpc) is 2.34. The first kappa shape index (κ1) is 14.9. The van der Waals surface area contributed by atoms with Crippen LogP contribution in [0, 0.1) is 11.6 Å². The maximum Gasteiger partial charge on any atom is 0.254 e. The molecule has 2 rings (SSSR count). The van der Waals surface area contributed by atoms with Crippen molar-refractivity contribution >= 4 is 18.3 Å². The molecule has 1 fully saturated rings. The van der Waals surface area contributed by atoms with Crippen molar-refractivity contribution in [2.24, 2.45) is 0 Å². The van der Waals surface area contributed by atoms with E-state index in [2.05, 4.69) is 10.6 Å². The lowest BCUT2D eigenvalue weighted by Gasteiger charge is -2.23. The van der Waals surface area contributed by atoms with Gasteiger partial charge < -0.3 is 10.6 Å². The Labute approximate surface area is 110 Å². The van der Waals surface area contributed by atoms with Crippen LogP contribution in [-0.2, 0) is 0 Å². The zero-order chi connectivity index (χ0) is 12.3. The van der Waals surface area contributed by atoms with Crippen LogP contribution in [0.25, 0.3) is 0 Å². The Bertz CT molecular complexity index is 423. The highest BCUT2D eigenvalue weighted by Gasteiger charge is 2.19. The molecule has 0 aliphatic carbocycles. The zero-order valence-corrected chi connectivity index (χ0v) is 10.5. The first-order valence-corrected chi connectivity index (χ1v) is 5.64. The number of amides is 1. The van der Waals surface area contributed by atoms with Gasteiger partial charge in [0.25, 0.3) is 5.91 Å². The van der Waals surface area contributed by atoms with E-state index in [0.29, 0.717) is 6.54 Å². The molecule has 0 aromatic heterocycles. The van der Waals surface area contributed by atoms with Gasteiger partial charge in [-0.05, 0) is 31.5 Å². The molecule has 3 nitrogen and oxygen atoms in total. The lowest BCUT2D eigenvalue weighted by Crippen LogP contribution is -2.45. The SMILES string of the molecule is Cl.O=C(NC1CCCNC1)c1cccc(F)c1F. The zero-order valence-electron chi connectivity index (χ0n) is 9.71. The monoisotopic (exact) mass is 276 g/mol. The van der Waals surface area contributed by atoms with Crippen molar-refractivity contribution in [2.45, 2.75) is 18.9 Å². The second kappa shape index (κ2) is 6.66. The Balaban J connectivity index is 0.00000162. The standard InChI is InChI=1S/C12H14F2N2O.ClH/c13-10-5-1-4-9(11(10)14)12(17)16-8-3-2-6-15-7-8;/h1,4-5,8,15H,2-3,6-7H2,(H,16,17);1H. The van der Waals surface area contributed by atoms with Crippen LogP contribution in [0.1, 0.15) is 23.2 Å². The molecule has 6 heteroatoms. The first-order chi connectivity index (χ1) is 8.18. The Morgan fingerprint density at radius 3 is 2.83 bits per heavy atom. The molecule has 1 amide bonds. The summed E-state index contributed by atoms with van der Waals surface area (Å²) in [6, 6.07) is 3.59. The quantitative estimate of drug-likeness (QED) is 0.866. The molecule has 0 bridgehead atoms. The van der Waals surface area contributed by atoms with Gasteiger partial charge in [-0.25, -0.2) is 8.78 Å². The van der Waals surface area contributed by atoms with Crippen LogP contribution in [0.4, 0.5) is 8.78 Å². The van der Waals surface area contributed by atoms with Gasteiger partial charge in [0.05, 0.1) is 5.56 Å². The second-order valence-electron chi connectivity index (χ2n) is 4.12. The smallest absolute Gasteiger partial charge is 0.254 e. The van der Waals surface area contributed by atoms with E-state index >= 15 is 0 Å². The summed E-state index contributed by atoms with van der Waals surface area (Å²) in [6.45, 7) is 1.60. The summed E-state index contributed by atoms with van der Waals surface area (Å²) < 4.78 is 26.3. The Hall–Kier alpha value is -1.20. The van der Waals surface area contributed by atoms with Gasteiger partial charge in [0.2, 0.25) is 0 Å². The Kier molecular flexibility index (Phi) is 5.50. The lowest BCUT2D eigenvalue weighted by atomic mass is 10.1. The van der Waals surface area contributed by atoms with Crippen LogP contribution >= 0.6 is 12.4 Å². The fourth-order valence-electron chi connectivity index (χ4n) is 1.92. The molecule has 1 heterocycles. The van der Waals surface area contributed by atoms with Crippen LogP contribution in [0.15, 0.2) is 18.2 Å². The summed E-state index contributed by atoms with van der Waals surface area (Å²) in [6.07, 6.45) is 1.83. The van der Waals surface area contributed by atoms with Gasteiger partial charge in [0.15, 0.2) is 11.6 Å². The topological polar surface area (TPSA) is 41.1 Å². The van der Waals surface area contributed by atoms with Crippen molar-refractivity contribution in [3.63, 3.8) is 0 Å². The summed E-state index contributed by atoms with van der Waals surface area (Å²) in [7, 11) is 0. The minimum absolute atomic E-state index is 0. The van der Waals surface area contributed by atoms with Crippen molar-refractivity contribution in [1.82, 2.24) is 10.6 Å². The molecule has 0 radical (unpaired) electrons. The molecule has 1 unspecified atom stereocenters. The van der Waals surface area contributed by atoms with Crippen molar-refractivity contribution in [3.05, 3.63) is 35.4 Å². The first-order valence-electron chi connectivity index (χ1n) is 5.64. The highest BCUT2D eigenvalue weighted by Crippen LogP contribution is 2.12. The van der Waals surface area contributed by atoms with Gasteiger partial charge in [-0.2, -0.15) is 0 Å². The predicted octanol–water partition coefficient (Wildman–Crippen LogP) is 1.87. The van der Waals surface area contributed by atoms with E-state index < -0.39 is 17.5 Å². The number of piperidine rings is 1. The van der Waals surface area contributed by atoms with E-state index in [1.165, 1.54) is 12.1 Å². The van der Waals surface area contributed by atoms with Gasteiger partial charge in [0.1, 0.15) is 0 Å². The number of benzene rings is 1. The van der Waals surface area contributed by atoms with Gasteiger partial charge in [-0.15, -0.1) is 12.4 Å². The van der Waals surface area contributed by atoms with Crippen molar-refractivity contribution in [1.29, 1.82) is 0 Å². The van der Waals surface area contributed by atoms with Gasteiger partial charge in [-0.1, -0.05) is 6.07 Å². The minimum atomic E-state index is -1.09. The molecule has 0 spiro atoms. The van der Waals surface area contributed by atoms with Crippen LogP contribution < -0.4 is 10.6 Å². The molecular weight excluding hydrogens is 262 g/mol. The summed E-state index contributed by atoms with van der Waals surface area (Å²) in [4.78, 5) is 11.7. The highest BCUT2D eigenvalue weighted by molar-refractivity contribution is 5.94. The van der Waals surface area contributed by atoms with E-state index in [1.807, 2.05) is 0 Å². The van der Waals surface area contributed by atoms with Crippen molar-refractivity contribution in [2.75, 3.05) is 13.1 Å². The third-order valence-electron chi connectivity index (χ3n) is 2.83. The summed E-state index contributed by atoms with van der Waals surface area (Å²) in [5.74, 6) is -2.65. The van der Waals surface area contributed by atoms with E-state index in [0.717, 1.165) is 25.5 Å². The van der Waals surface area contributed by atoms with Crippen LogP contribution in [-0.4, -0.2) is 25.0 Å². The normalized spacial score (nSPS) is 18.9. The number of hydrogen-bond acceptors (Lipinski definition) is 2. The molecule has 18 heavy (non-hydrogen) atoms. The van der Waals surface area contributed by atoms with E-state index in [1.54, 1.807) is 0 Å². The molecule has 1 atom stereocenters. The lowest BCUT2D eigenvalue weighted by molar-refractivity contribution is 0.0925. The fourth-order valence-corrected chi connectivity index (χ4v) is 1.92. The van der Waals surface area contributed by atoms with Gasteiger partial charge in [-0.3, -0.25) is 4.79 Å². The Morgan fingerprint density at radius 1 is 1.39 bits per heavy atom. The largest absolute Gasteiger partial charge is 0.348 e. The highest BCUT2D eigenvalue weighted by atomic mass is 35.5. The summed E-state index contributed by atoms with van der Waals surface area (Å²) >= 11 is 0.